The summed E-state index contributed by atoms with van der Waals surface area (Å²) in [6.07, 6.45) is 1.57. The second-order valence-corrected chi connectivity index (χ2v) is 9.24. The third-order valence-corrected chi connectivity index (χ3v) is 6.72. The van der Waals surface area contributed by atoms with Crippen LogP contribution in [0.2, 0.25) is 0 Å². The Balaban J connectivity index is 1.50. The summed E-state index contributed by atoms with van der Waals surface area (Å²) in [4.78, 5) is 30.3. The minimum Gasteiger partial charge on any atom is -0.496 e. The van der Waals surface area contributed by atoms with Crippen molar-refractivity contribution >= 4 is 23.3 Å². The van der Waals surface area contributed by atoms with Crippen molar-refractivity contribution in [3.63, 3.8) is 0 Å². The molecule has 8 heteroatoms. The van der Waals surface area contributed by atoms with Crippen molar-refractivity contribution in [3.8, 4) is 5.75 Å². The van der Waals surface area contributed by atoms with Crippen LogP contribution in [0.4, 0.5) is 0 Å². The number of para-hydroxylation sites is 1. The Morgan fingerprint density at radius 2 is 2.06 bits per heavy atom. The molecule has 0 radical (unpaired) electrons. The zero-order valence-electron chi connectivity index (χ0n) is 18.0. The maximum absolute atomic E-state index is 12.8. The highest BCUT2D eigenvalue weighted by Gasteiger charge is 2.65. The van der Waals surface area contributed by atoms with Crippen molar-refractivity contribution in [2.24, 2.45) is 5.41 Å². The lowest BCUT2D eigenvalue weighted by Crippen LogP contribution is -2.32. The Morgan fingerprint density at radius 1 is 1.26 bits per heavy atom. The Labute approximate surface area is 185 Å². The smallest absolute Gasteiger partial charge is 0.324 e. The normalized spacial score (nSPS) is 27.5. The molecule has 0 aliphatic carbocycles. The lowest BCUT2D eigenvalue weighted by atomic mass is 9.78. The number of benzene rings is 1. The first-order valence-corrected chi connectivity index (χ1v) is 11.4. The van der Waals surface area contributed by atoms with Gasteiger partial charge in [0.1, 0.15) is 11.9 Å². The second-order valence-electron chi connectivity index (χ2n) is 8.30. The molecule has 2 aliphatic heterocycles. The molecule has 1 spiro atoms. The maximum atomic E-state index is 12.8. The maximum Gasteiger partial charge on any atom is 0.324 e. The van der Waals surface area contributed by atoms with Gasteiger partial charge in [-0.25, -0.2) is 4.98 Å². The van der Waals surface area contributed by atoms with Gasteiger partial charge in [0, 0.05) is 36.8 Å². The first kappa shape index (κ1) is 21.8. The Bertz CT molecular complexity index is 974. The van der Waals surface area contributed by atoms with Gasteiger partial charge < -0.3 is 18.9 Å². The summed E-state index contributed by atoms with van der Waals surface area (Å²) in [6, 6.07) is 7.80. The number of cyclic esters (lactones) is 2. The van der Waals surface area contributed by atoms with E-state index in [9.17, 15) is 9.59 Å². The summed E-state index contributed by atoms with van der Waals surface area (Å²) in [6.45, 7) is 4.72. The number of rotatable bonds is 8. The molecule has 0 unspecified atom stereocenters. The monoisotopic (exact) mass is 445 g/mol. The Morgan fingerprint density at radius 3 is 2.84 bits per heavy atom. The summed E-state index contributed by atoms with van der Waals surface area (Å²) in [7, 11) is 1.64. The summed E-state index contributed by atoms with van der Waals surface area (Å²) in [5.74, 6) is -0.241. The SMILES string of the molecule is CCCOC[C@H]1C[C@]2(C[C@@](C)(c3csc(Cc4ccccc4OC)n3)OC2=O)C(=O)O1. The predicted octanol–water partition coefficient (Wildman–Crippen LogP) is 3.63. The third kappa shape index (κ3) is 4.06. The van der Waals surface area contributed by atoms with E-state index in [1.54, 1.807) is 7.11 Å². The molecule has 0 saturated carbocycles. The molecule has 31 heavy (non-hydrogen) atoms. The number of nitrogens with zero attached hydrogens (tertiary/aromatic N) is 1. The minimum atomic E-state index is -1.28. The van der Waals surface area contributed by atoms with E-state index >= 15 is 0 Å². The molecule has 166 valence electrons. The molecule has 3 heterocycles. The number of esters is 2. The molecule has 7 nitrogen and oxygen atoms in total. The van der Waals surface area contributed by atoms with Crippen molar-refractivity contribution in [1.29, 1.82) is 0 Å². The van der Waals surface area contributed by atoms with Gasteiger partial charge in [0.05, 0.1) is 24.4 Å². The molecule has 0 N–H and O–H groups in total. The molecule has 4 rings (SSSR count). The number of hydrogen-bond acceptors (Lipinski definition) is 8. The number of thiazole rings is 1. The fraction of sp³-hybridized carbons (Fsp3) is 0.522. The van der Waals surface area contributed by atoms with Crippen LogP contribution >= 0.6 is 11.3 Å². The average Bonchev–Trinajstić information content (AvgIpc) is 3.41. The molecule has 0 bridgehead atoms. The van der Waals surface area contributed by atoms with Crippen LogP contribution in [0.5, 0.6) is 5.75 Å². The Hall–Kier alpha value is -2.45. The third-order valence-electron chi connectivity index (χ3n) is 5.87. The molecular formula is C23H27NO6S. The first-order chi connectivity index (χ1) is 14.9. The summed E-state index contributed by atoms with van der Waals surface area (Å²) in [5, 5.41) is 2.79. The van der Waals surface area contributed by atoms with Gasteiger partial charge in [-0.1, -0.05) is 25.1 Å². The highest BCUT2D eigenvalue weighted by Crippen LogP contribution is 2.52. The minimum absolute atomic E-state index is 0.222. The van der Waals surface area contributed by atoms with Crippen molar-refractivity contribution in [3.05, 3.63) is 45.9 Å². The standard InChI is InChI=1S/C23H27NO6S/c1-4-9-28-12-16-11-23(20(25)29-16)14-22(2,30-21(23)26)18-13-31-19(24-18)10-15-7-5-6-8-17(15)27-3/h5-8,13,16H,4,9-12,14H2,1-3H3/t16-,22+,23+/m1/s1. The molecule has 1 aromatic heterocycles. The van der Waals surface area contributed by atoms with Crippen molar-refractivity contribution in [1.82, 2.24) is 4.98 Å². The molecule has 2 aromatic rings. The number of aromatic nitrogens is 1. The summed E-state index contributed by atoms with van der Waals surface area (Å²) in [5.41, 5.74) is -0.553. The van der Waals surface area contributed by atoms with E-state index in [0.29, 0.717) is 25.3 Å². The highest BCUT2D eigenvalue weighted by molar-refractivity contribution is 7.09. The largest absolute Gasteiger partial charge is 0.496 e. The van der Waals surface area contributed by atoms with E-state index in [2.05, 4.69) is 0 Å². The van der Waals surface area contributed by atoms with Crippen LogP contribution in [0, 0.1) is 5.41 Å². The molecule has 2 fully saturated rings. The average molecular weight is 446 g/mol. The van der Waals surface area contributed by atoms with Crippen molar-refractivity contribution < 1.29 is 28.5 Å². The predicted molar refractivity (Wildman–Crippen MR) is 114 cm³/mol. The van der Waals surface area contributed by atoms with Crippen LogP contribution in [0.15, 0.2) is 29.6 Å². The topological polar surface area (TPSA) is 84.0 Å². The quantitative estimate of drug-likeness (QED) is 0.348. The number of hydrogen-bond donors (Lipinski definition) is 0. The van der Waals surface area contributed by atoms with E-state index in [1.807, 2.05) is 43.5 Å². The van der Waals surface area contributed by atoms with Gasteiger partial charge in [-0.2, -0.15) is 0 Å². The summed E-state index contributed by atoms with van der Waals surface area (Å²) >= 11 is 1.50. The van der Waals surface area contributed by atoms with Crippen LogP contribution in [-0.2, 0) is 35.8 Å². The lowest BCUT2D eigenvalue weighted by molar-refractivity contribution is -0.160. The Kier molecular flexibility index (Phi) is 6.03. The van der Waals surface area contributed by atoms with E-state index in [1.165, 1.54) is 11.3 Å². The molecule has 1 aromatic carbocycles. The van der Waals surface area contributed by atoms with E-state index in [4.69, 9.17) is 23.9 Å². The van der Waals surface area contributed by atoms with Gasteiger partial charge in [-0.3, -0.25) is 9.59 Å². The van der Waals surface area contributed by atoms with Crippen LogP contribution in [-0.4, -0.2) is 43.4 Å². The molecular weight excluding hydrogens is 418 g/mol. The molecule has 2 saturated heterocycles. The van der Waals surface area contributed by atoms with E-state index < -0.39 is 29.1 Å². The van der Waals surface area contributed by atoms with Gasteiger partial charge in [0.2, 0.25) is 0 Å². The number of carbonyl (C=O) groups excluding carboxylic acids is 2. The fourth-order valence-electron chi connectivity index (χ4n) is 4.32. The van der Waals surface area contributed by atoms with Crippen molar-refractivity contribution in [2.45, 2.75) is 51.2 Å². The van der Waals surface area contributed by atoms with Crippen LogP contribution in [0.3, 0.4) is 0 Å². The lowest BCUT2D eigenvalue weighted by Gasteiger charge is -2.20. The zero-order valence-corrected chi connectivity index (χ0v) is 18.8. The highest BCUT2D eigenvalue weighted by atomic mass is 32.1. The summed E-state index contributed by atoms with van der Waals surface area (Å²) < 4.78 is 22.2. The van der Waals surface area contributed by atoms with Crippen LogP contribution in [0.25, 0.3) is 0 Å². The van der Waals surface area contributed by atoms with Crippen molar-refractivity contribution in [2.75, 3.05) is 20.3 Å². The van der Waals surface area contributed by atoms with Gasteiger partial charge in [0.15, 0.2) is 11.0 Å². The van der Waals surface area contributed by atoms with Gasteiger partial charge in [0.25, 0.3) is 0 Å². The molecule has 3 atom stereocenters. The molecule has 2 aliphatic rings. The number of carbonyl (C=O) groups is 2. The van der Waals surface area contributed by atoms with E-state index in [0.717, 1.165) is 22.7 Å². The van der Waals surface area contributed by atoms with Gasteiger partial charge in [-0.15, -0.1) is 11.3 Å². The second kappa shape index (κ2) is 8.59. The van der Waals surface area contributed by atoms with Crippen LogP contribution in [0.1, 0.15) is 49.4 Å². The number of methoxy groups -OCH3 is 1. The van der Waals surface area contributed by atoms with Gasteiger partial charge in [-0.05, 0) is 19.4 Å². The van der Waals surface area contributed by atoms with E-state index in [-0.39, 0.29) is 12.8 Å². The number of ether oxygens (including phenoxy) is 4. The van der Waals surface area contributed by atoms with Crippen LogP contribution < -0.4 is 4.74 Å². The first-order valence-electron chi connectivity index (χ1n) is 10.5. The fourth-order valence-corrected chi connectivity index (χ4v) is 5.26. The molecule has 0 amide bonds. The van der Waals surface area contributed by atoms with Gasteiger partial charge >= 0.3 is 11.9 Å². The zero-order chi connectivity index (χ0) is 22.1.